The highest BCUT2D eigenvalue weighted by Crippen LogP contribution is 2.39. The molecule has 36 heavy (non-hydrogen) atoms. The number of carbonyl (C=O) groups is 1. The van der Waals surface area contributed by atoms with Crippen LogP contribution in [0.25, 0.3) is 16.8 Å². The van der Waals surface area contributed by atoms with Gasteiger partial charge in [-0.05, 0) is 43.2 Å². The van der Waals surface area contributed by atoms with Gasteiger partial charge in [0, 0.05) is 54.3 Å². The summed E-state index contributed by atoms with van der Waals surface area (Å²) in [5.41, 5.74) is 4.97. The van der Waals surface area contributed by atoms with Crippen LogP contribution in [0.1, 0.15) is 19.0 Å². The molecule has 2 aliphatic heterocycles. The lowest BCUT2D eigenvalue weighted by Crippen LogP contribution is -2.37. The van der Waals surface area contributed by atoms with Gasteiger partial charge in [0.25, 0.3) is 5.91 Å². The third-order valence-corrected chi connectivity index (χ3v) is 6.51. The first-order valence-electron chi connectivity index (χ1n) is 11.5. The van der Waals surface area contributed by atoms with E-state index in [1.54, 1.807) is 12.3 Å². The number of carbonyl (C=O) groups excluding carboxylic acids is 1. The van der Waals surface area contributed by atoms with E-state index in [9.17, 15) is 4.79 Å². The second-order valence-electron chi connectivity index (χ2n) is 8.68. The van der Waals surface area contributed by atoms with E-state index in [0.29, 0.717) is 52.5 Å². The van der Waals surface area contributed by atoms with Crippen molar-refractivity contribution in [3.8, 4) is 23.5 Å². The molecule has 1 amide bonds. The third kappa shape index (κ3) is 5.20. The largest absolute Gasteiger partial charge is 0.493 e. The number of halogens is 2. The van der Waals surface area contributed by atoms with Crippen LogP contribution in [0.5, 0.6) is 0 Å². The average molecular weight is 524 g/mol. The average Bonchev–Trinajstić information content (AvgIpc) is 2.85. The van der Waals surface area contributed by atoms with Crippen LogP contribution in [-0.2, 0) is 9.53 Å². The van der Waals surface area contributed by atoms with Crippen molar-refractivity contribution in [2.45, 2.75) is 13.3 Å². The van der Waals surface area contributed by atoms with Gasteiger partial charge in [-0.25, -0.2) is 0 Å². The monoisotopic (exact) mass is 523 g/mol. The summed E-state index contributed by atoms with van der Waals surface area (Å²) < 4.78 is 5.71. The standard InChI is InChI=1S/C27H27Cl2N5O2/c1-5-7-23-20(6-2)16(8-9-36-23)13-31-27(35)22-14-30-24-21(17-10-18(28)12-19(29)11-17)15-32-33-25(24)26(22)34(3)4/h2,5,7,10-12,15-16,30H,8-9,13-14H2,1,3-4H3,(H,31,35)/b7-5-. The third-order valence-electron chi connectivity index (χ3n) is 6.08. The van der Waals surface area contributed by atoms with Gasteiger partial charge < -0.3 is 20.3 Å². The molecule has 0 aliphatic carbocycles. The van der Waals surface area contributed by atoms with Crippen LogP contribution in [-0.4, -0.2) is 54.8 Å². The number of amides is 1. The highest BCUT2D eigenvalue weighted by molar-refractivity contribution is 6.35. The van der Waals surface area contributed by atoms with E-state index in [2.05, 4.69) is 26.8 Å². The molecule has 1 unspecified atom stereocenters. The second kappa shape index (κ2) is 11.1. The van der Waals surface area contributed by atoms with Crippen molar-refractivity contribution in [1.29, 1.82) is 0 Å². The summed E-state index contributed by atoms with van der Waals surface area (Å²) in [7, 11) is 3.76. The topological polar surface area (TPSA) is 79.4 Å². The molecule has 0 saturated carbocycles. The highest BCUT2D eigenvalue weighted by atomic mass is 35.5. The lowest BCUT2D eigenvalue weighted by molar-refractivity contribution is -0.117. The molecule has 1 atom stereocenters. The van der Waals surface area contributed by atoms with Gasteiger partial charge in [-0.1, -0.05) is 35.2 Å². The number of terminal acetylenes is 1. The first-order chi connectivity index (χ1) is 17.3. The number of anilines is 1. The van der Waals surface area contributed by atoms with Crippen molar-refractivity contribution < 1.29 is 9.53 Å². The summed E-state index contributed by atoms with van der Waals surface area (Å²) in [5, 5.41) is 16.1. The van der Waals surface area contributed by atoms with E-state index in [1.165, 1.54) is 0 Å². The van der Waals surface area contributed by atoms with Crippen molar-refractivity contribution in [1.82, 2.24) is 20.4 Å². The Morgan fingerprint density at radius 1 is 1.33 bits per heavy atom. The summed E-state index contributed by atoms with van der Waals surface area (Å²) in [6.07, 6.45) is 11.9. The van der Waals surface area contributed by atoms with Gasteiger partial charge >= 0.3 is 0 Å². The molecule has 7 nitrogen and oxygen atoms in total. The number of benzene rings is 1. The van der Waals surface area contributed by atoms with Crippen LogP contribution in [0.3, 0.4) is 0 Å². The fraction of sp³-hybridized carbons (Fsp3) is 0.296. The molecule has 0 bridgehead atoms. The first kappa shape index (κ1) is 25.6. The number of allylic oxidation sites excluding steroid dienone is 2. The Hall–Kier alpha value is -3.47. The highest BCUT2D eigenvalue weighted by Gasteiger charge is 2.30. The quantitative estimate of drug-likeness (QED) is 0.531. The van der Waals surface area contributed by atoms with Gasteiger partial charge in [0.2, 0.25) is 0 Å². The minimum Gasteiger partial charge on any atom is -0.493 e. The Morgan fingerprint density at radius 3 is 2.75 bits per heavy atom. The molecule has 1 aromatic heterocycles. The molecule has 3 heterocycles. The molecule has 2 N–H and O–H groups in total. The zero-order chi connectivity index (χ0) is 25.8. The molecule has 0 radical (unpaired) electrons. The van der Waals surface area contributed by atoms with Gasteiger partial charge in [0.05, 0.1) is 29.8 Å². The number of nitrogens with one attached hydrogen (secondary N) is 2. The minimum absolute atomic E-state index is 0.00474. The van der Waals surface area contributed by atoms with Crippen molar-refractivity contribution in [2.75, 3.05) is 39.1 Å². The van der Waals surface area contributed by atoms with Gasteiger partial charge in [-0.2, -0.15) is 5.10 Å². The van der Waals surface area contributed by atoms with Crippen LogP contribution in [0.2, 0.25) is 10.0 Å². The minimum atomic E-state index is -0.190. The van der Waals surface area contributed by atoms with Gasteiger partial charge in [0.1, 0.15) is 11.5 Å². The Labute approximate surface area is 221 Å². The molecule has 0 saturated heterocycles. The Morgan fingerprint density at radius 2 is 2.08 bits per heavy atom. The van der Waals surface area contributed by atoms with Crippen LogP contribution in [0.15, 0.2) is 53.5 Å². The van der Waals surface area contributed by atoms with Crippen LogP contribution >= 0.6 is 23.2 Å². The number of fused-ring (bicyclic) bond motifs is 1. The van der Waals surface area contributed by atoms with Gasteiger partial charge in [-0.15, -0.1) is 11.5 Å². The van der Waals surface area contributed by atoms with Crippen molar-refractivity contribution in [3.05, 3.63) is 69.2 Å². The summed E-state index contributed by atoms with van der Waals surface area (Å²) in [6.45, 7) is 3.19. The molecule has 186 valence electrons. The maximum absolute atomic E-state index is 13.4. The van der Waals surface area contributed by atoms with E-state index in [-0.39, 0.29) is 11.8 Å². The predicted octanol–water partition coefficient (Wildman–Crippen LogP) is 4.76. The molecule has 2 aromatic rings. The number of aromatic nitrogens is 2. The smallest absolute Gasteiger partial charge is 0.251 e. The fourth-order valence-electron chi connectivity index (χ4n) is 4.47. The first-order valence-corrected chi connectivity index (χ1v) is 12.3. The molecular formula is C27H27Cl2N5O2. The molecular weight excluding hydrogens is 497 g/mol. The van der Waals surface area contributed by atoms with E-state index in [4.69, 9.17) is 34.4 Å². The summed E-state index contributed by atoms with van der Waals surface area (Å²) in [4.78, 5) is 15.3. The maximum atomic E-state index is 13.4. The maximum Gasteiger partial charge on any atom is 0.251 e. The van der Waals surface area contributed by atoms with Crippen molar-refractivity contribution in [2.24, 2.45) is 5.92 Å². The molecule has 4 rings (SSSR count). The SMILES string of the molecule is C#CC1=C(/C=C\C)OCCC1CNC(=O)C1=C(N(C)C)c2nncc(-c3cc(Cl)cc(Cl)c3)c2NC1. The lowest BCUT2D eigenvalue weighted by atomic mass is 9.92. The van der Waals surface area contributed by atoms with E-state index in [0.717, 1.165) is 28.8 Å². The zero-order valence-electron chi connectivity index (χ0n) is 20.4. The number of nitrogens with zero attached hydrogens (tertiary/aromatic N) is 3. The lowest BCUT2D eigenvalue weighted by Gasteiger charge is -2.29. The fourth-order valence-corrected chi connectivity index (χ4v) is 5.00. The number of ether oxygens (including phenoxy) is 1. The molecule has 1 aromatic carbocycles. The van der Waals surface area contributed by atoms with E-state index < -0.39 is 0 Å². The zero-order valence-corrected chi connectivity index (χ0v) is 21.9. The summed E-state index contributed by atoms with van der Waals surface area (Å²) in [5.74, 6) is 3.25. The molecule has 0 spiro atoms. The summed E-state index contributed by atoms with van der Waals surface area (Å²) in [6, 6.07) is 5.32. The second-order valence-corrected chi connectivity index (χ2v) is 9.55. The van der Waals surface area contributed by atoms with E-state index >= 15 is 0 Å². The Kier molecular flexibility index (Phi) is 7.88. The Bertz CT molecular complexity index is 1300. The van der Waals surface area contributed by atoms with Crippen LogP contribution in [0.4, 0.5) is 5.69 Å². The van der Waals surface area contributed by atoms with Crippen LogP contribution in [0, 0.1) is 18.3 Å². The van der Waals surface area contributed by atoms with Crippen molar-refractivity contribution in [3.63, 3.8) is 0 Å². The van der Waals surface area contributed by atoms with E-state index in [1.807, 2.05) is 50.2 Å². The summed E-state index contributed by atoms with van der Waals surface area (Å²) >= 11 is 12.5. The van der Waals surface area contributed by atoms with Gasteiger partial charge in [0.15, 0.2) is 0 Å². The number of rotatable bonds is 6. The number of hydrogen-bond acceptors (Lipinski definition) is 6. The normalized spacial score (nSPS) is 17.3. The number of hydrogen-bond donors (Lipinski definition) is 2. The Balaban J connectivity index is 1.65. The van der Waals surface area contributed by atoms with Crippen LogP contribution < -0.4 is 10.6 Å². The molecule has 2 aliphatic rings. The molecule has 0 fully saturated rings. The molecule has 9 heteroatoms. The predicted molar refractivity (Wildman–Crippen MR) is 144 cm³/mol. The van der Waals surface area contributed by atoms with Gasteiger partial charge in [-0.3, -0.25) is 4.79 Å². The van der Waals surface area contributed by atoms with Crippen molar-refractivity contribution >= 4 is 40.5 Å².